The maximum Gasteiger partial charge on any atom is 0.156 e. The Morgan fingerprint density at radius 3 is 2.57 bits per heavy atom. The average Bonchev–Trinajstić information content (AvgIpc) is 1.91. The van der Waals surface area contributed by atoms with Crippen LogP contribution in [0.25, 0.3) is 0 Å². The number of ether oxygens (including phenoxy) is 1. The molecule has 1 aliphatic heterocycles. The van der Waals surface area contributed by atoms with Gasteiger partial charge in [0, 0.05) is 6.42 Å². The third-order valence-electron chi connectivity index (χ3n) is 0.993. The van der Waals surface area contributed by atoms with Crippen LogP contribution in [-0.4, -0.2) is 23.4 Å². The van der Waals surface area contributed by atoms with Gasteiger partial charge in [0.1, 0.15) is 0 Å². The normalized spacial score (nSPS) is 42.0. The van der Waals surface area contributed by atoms with Gasteiger partial charge < -0.3 is 9.84 Å². The van der Waals surface area contributed by atoms with Crippen LogP contribution in [0.3, 0.4) is 0 Å². The summed E-state index contributed by atoms with van der Waals surface area (Å²) in [7, 11) is 0. The highest BCUT2D eigenvalue weighted by atomic mass is 35.5. The Morgan fingerprint density at radius 2 is 2.43 bits per heavy atom. The fourth-order valence-electron chi connectivity index (χ4n) is 0.543. The Morgan fingerprint density at radius 1 is 1.71 bits per heavy atom. The third-order valence-corrected chi connectivity index (χ3v) is 1.41. The molecule has 0 bridgehead atoms. The van der Waals surface area contributed by atoms with Crippen LogP contribution in [0.2, 0.25) is 0 Å². The molecular weight excluding hydrogens is 115 g/mol. The van der Waals surface area contributed by atoms with E-state index in [1.165, 1.54) is 0 Å². The molecule has 42 valence electrons. The van der Waals surface area contributed by atoms with Crippen molar-refractivity contribution in [3.8, 4) is 0 Å². The summed E-state index contributed by atoms with van der Waals surface area (Å²) >= 11 is 5.39. The minimum absolute atomic E-state index is 0.443. The van der Waals surface area contributed by atoms with Gasteiger partial charge in [-0.2, -0.15) is 0 Å². The van der Waals surface area contributed by atoms with Crippen LogP contribution in [0, 0.1) is 0 Å². The molecule has 0 aromatic heterocycles. The lowest BCUT2D eigenvalue weighted by Gasteiger charge is -2.00. The summed E-state index contributed by atoms with van der Waals surface area (Å²) in [5.74, 6) is 0. The minimum atomic E-state index is -0.458. The fourth-order valence-corrected chi connectivity index (χ4v) is 0.759. The Kier molecular flexibility index (Phi) is 1.52. The van der Waals surface area contributed by atoms with Crippen molar-refractivity contribution in [1.29, 1.82) is 0 Å². The van der Waals surface area contributed by atoms with Gasteiger partial charge >= 0.3 is 0 Å². The molecule has 7 heavy (non-hydrogen) atoms. The molecule has 1 N–H and O–H groups in total. The van der Waals surface area contributed by atoms with Crippen LogP contribution in [0.1, 0.15) is 6.42 Å². The van der Waals surface area contributed by atoms with E-state index in [4.69, 9.17) is 21.4 Å². The summed E-state index contributed by atoms with van der Waals surface area (Å²) < 4.78 is 4.78. The summed E-state index contributed by atoms with van der Waals surface area (Å²) in [5.41, 5.74) is -0.458. The zero-order valence-electron chi connectivity index (χ0n) is 3.80. The van der Waals surface area contributed by atoms with Crippen LogP contribution in [0.4, 0.5) is 0 Å². The second kappa shape index (κ2) is 1.99. The van der Waals surface area contributed by atoms with Crippen molar-refractivity contribution in [3.63, 3.8) is 0 Å². The molecule has 0 spiro atoms. The number of halogens is 1. The maximum atomic E-state index is 8.74. The topological polar surface area (TPSA) is 29.5 Å². The first-order valence-electron chi connectivity index (χ1n) is 2.24. The minimum Gasteiger partial charge on any atom is -0.389 e. The first-order chi connectivity index (χ1) is 3.30. The van der Waals surface area contributed by atoms with Crippen LogP contribution in [0.15, 0.2) is 0 Å². The smallest absolute Gasteiger partial charge is 0.156 e. The lowest BCUT2D eigenvalue weighted by Crippen LogP contribution is -2.12. The van der Waals surface area contributed by atoms with Crippen molar-refractivity contribution in [3.05, 3.63) is 0 Å². The zero-order chi connectivity index (χ0) is 5.28. The predicted octanol–water partition coefficient (Wildman–Crippen LogP) is 0.333. The van der Waals surface area contributed by atoms with Crippen LogP contribution in [-0.2, 0) is 4.74 Å². The van der Waals surface area contributed by atoms with E-state index in [1.54, 1.807) is 0 Å². The molecule has 3 heteroatoms. The molecule has 2 atom stereocenters. The van der Waals surface area contributed by atoms with Crippen molar-refractivity contribution >= 4 is 11.6 Å². The molecule has 1 aliphatic rings. The van der Waals surface area contributed by atoms with Crippen molar-refractivity contribution in [2.24, 2.45) is 0 Å². The highest BCUT2D eigenvalue weighted by Crippen LogP contribution is 2.15. The highest BCUT2D eigenvalue weighted by Gasteiger charge is 2.22. The molecule has 1 fully saturated rings. The summed E-state index contributed by atoms with van der Waals surface area (Å²) in [4.78, 5) is 0. The summed E-state index contributed by atoms with van der Waals surface area (Å²) in [6.45, 7) is 0.593. The van der Waals surface area contributed by atoms with Gasteiger partial charge in [0.05, 0.1) is 12.7 Å². The van der Waals surface area contributed by atoms with Crippen molar-refractivity contribution in [2.75, 3.05) is 6.61 Å². The van der Waals surface area contributed by atoms with E-state index in [2.05, 4.69) is 0 Å². The molecule has 2 unspecified atom stereocenters. The second-order valence-corrected chi connectivity index (χ2v) is 2.01. The SMILES string of the molecule is OC1CCOC1Cl. The van der Waals surface area contributed by atoms with Gasteiger partial charge in [0.25, 0.3) is 0 Å². The van der Waals surface area contributed by atoms with Gasteiger partial charge in [-0.1, -0.05) is 11.6 Å². The van der Waals surface area contributed by atoms with Gasteiger partial charge in [-0.05, 0) is 0 Å². The van der Waals surface area contributed by atoms with E-state index in [0.29, 0.717) is 13.0 Å². The van der Waals surface area contributed by atoms with E-state index in [1.807, 2.05) is 0 Å². The number of hydrogen-bond acceptors (Lipinski definition) is 2. The lowest BCUT2D eigenvalue weighted by atomic mass is 10.3. The molecular formula is C4H7ClO2. The average molecular weight is 123 g/mol. The summed E-state index contributed by atoms with van der Waals surface area (Å²) in [6.07, 6.45) is 0.232. The van der Waals surface area contributed by atoms with Crippen molar-refractivity contribution in [2.45, 2.75) is 18.1 Å². The molecule has 1 heterocycles. The highest BCUT2D eigenvalue weighted by molar-refractivity contribution is 6.20. The summed E-state index contributed by atoms with van der Waals surface area (Å²) in [6, 6.07) is 0. The van der Waals surface area contributed by atoms with E-state index in [0.717, 1.165) is 0 Å². The largest absolute Gasteiger partial charge is 0.389 e. The van der Waals surface area contributed by atoms with Crippen LogP contribution < -0.4 is 0 Å². The number of alkyl halides is 1. The summed E-state index contributed by atoms with van der Waals surface area (Å²) in [5, 5.41) is 8.74. The molecule has 0 radical (unpaired) electrons. The molecule has 0 amide bonds. The van der Waals surface area contributed by atoms with Gasteiger partial charge in [0.2, 0.25) is 0 Å². The number of aliphatic hydroxyl groups excluding tert-OH is 1. The Balaban J connectivity index is 2.33. The van der Waals surface area contributed by atoms with Crippen LogP contribution >= 0.6 is 11.6 Å². The molecule has 0 aromatic rings. The Hall–Kier alpha value is 0.210. The first-order valence-corrected chi connectivity index (χ1v) is 2.68. The van der Waals surface area contributed by atoms with Gasteiger partial charge in [-0.25, -0.2) is 0 Å². The second-order valence-electron chi connectivity index (χ2n) is 1.58. The van der Waals surface area contributed by atoms with Gasteiger partial charge in [-0.15, -0.1) is 0 Å². The quantitative estimate of drug-likeness (QED) is 0.470. The van der Waals surface area contributed by atoms with Gasteiger partial charge in [-0.3, -0.25) is 0 Å². The fraction of sp³-hybridized carbons (Fsp3) is 1.00. The first kappa shape index (κ1) is 5.35. The van der Waals surface area contributed by atoms with E-state index < -0.39 is 11.7 Å². The Bertz CT molecular complexity index is 58.7. The molecule has 0 saturated carbocycles. The van der Waals surface area contributed by atoms with E-state index in [9.17, 15) is 0 Å². The standard InChI is InChI=1S/C4H7ClO2/c5-4-3(6)1-2-7-4/h3-4,6H,1-2H2. The molecule has 1 saturated heterocycles. The van der Waals surface area contributed by atoms with Crippen LogP contribution in [0.5, 0.6) is 0 Å². The number of aliphatic hydroxyl groups is 1. The predicted molar refractivity (Wildman–Crippen MR) is 26.2 cm³/mol. The maximum absolute atomic E-state index is 8.74. The monoisotopic (exact) mass is 122 g/mol. The number of hydrogen-bond donors (Lipinski definition) is 1. The van der Waals surface area contributed by atoms with Gasteiger partial charge in [0.15, 0.2) is 5.56 Å². The third kappa shape index (κ3) is 1.06. The van der Waals surface area contributed by atoms with Crippen molar-refractivity contribution < 1.29 is 9.84 Å². The zero-order valence-corrected chi connectivity index (χ0v) is 4.56. The molecule has 0 aliphatic carbocycles. The van der Waals surface area contributed by atoms with Crippen molar-refractivity contribution in [1.82, 2.24) is 0 Å². The molecule has 2 nitrogen and oxygen atoms in total. The lowest BCUT2D eigenvalue weighted by molar-refractivity contribution is 0.0972. The van der Waals surface area contributed by atoms with E-state index in [-0.39, 0.29) is 0 Å². The molecule has 0 aromatic carbocycles. The number of rotatable bonds is 0. The molecule has 1 rings (SSSR count). The van der Waals surface area contributed by atoms with E-state index >= 15 is 0 Å². The Labute approximate surface area is 47.0 Å².